The molecule has 1 aliphatic rings. The van der Waals surface area contributed by atoms with E-state index in [4.69, 9.17) is 0 Å². The molecule has 1 aliphatic heterocycles. The van der Waals surface area contributed by atoms with Gasteiger partial charge in [0.15, 0.2) is 0 Å². The molecule has 0 saturated heterocycles. The molecule has 0 unspecified atom stereocenters. The standard InChI is InChI=1S/C13H11BrF2N2/c14-12-7-6-17-5-4-10(7)18-13(12)11-8(15)2-1-3-9(11)16/h1-3,17-18H,4-6H2. The maximum Gasteiger partial charge on any atom is 0.135 e. The molecule has 0 radical (unpaired) electrons. The average molecular weight is 313 g/mol. The van der Waals surface area contributed by atoms with Crippen molar-refractivity contribution in [3.63, 3.8) is 0 Å². The summed E-state index contributed by atoms with van der Waals surface area (Å²) in [6.07, 6.45) is 0.837. The number of hydrogen-bond donors (Lipinski definition) is 2. The van der Waals surface area contributed by atoms with Crippen molar-refractivity contribution < 1.29 is 8.78 Å². The lowest BCUT2D eigenvalue weighted by Gasteiger charge is -2.12. The molecule has 2 nitrogen and oxygen atoms in total. The lowest BCUT2D eigenvalue weighted by Crippen LogP contribution is -2.23. The van der Waals surface area contributed by atoms with Gasteiger partial charge in [0.25, 0.3) is 0 Å². The normalized spacial score (nSPS) is 14.6. The molecule has 0 fully saturated rings. The summed E-state index contributed by atoms with van der Waals surface area (Å²) in [7, 11) is 0. The van der Waals surface area contributed by atoms with Gasteiger partial charge in [0.05, 0.1) is 11.3 Å². The Morgan fingerprint density at radius 3 is 2.56 bits per heavy atom. The zero-order valence-electron chi connectivity index (χ0n) is 9.49. The summed E-state index contributed by atoms with van der Waals surface area (Å²) in [5.74, 6) is -1.11. The van der Waals surface area contributed by atoms with E-state index in [9.17, 15) is 8.78 Å². The summed E-state index contributed by atoms with van der Waals surface area (Å²) in [5, 5.41) is 3.24. The molecule has 0 spiro atoms. The van der Waals surface area contributed by atoms with Crippen molar-refractivity contribution >= 4 is 15.9 Å². The quantitative estimate of drug-likeness (QED) is 0.830. The largest absolute Gasteiger partial charge is 0.357 e. The molecule has 3 rings (SSSR count). The minimum Gasteiger partial charge on any atom is -0.357 e. The number of hydrogen-bond acceptors (Lipinski definition) is 1. The van der Waals surface area contributed by atoms with Crippen LogP contribution in [0.5, 0.6) is 0 Å². The molecule has 1 aromatic carbocycles. The van der Waals surface area contributed by atoms with Gasteiger partial charge >= 0.3 is 0 Å². The van der Waals surface area contributed by atoms with Gasteiger partial charge < -0.3 is 10.3 Å². The number of H-pyrrole nitrogens is 1. The maximum atomic E-state index is 13.8. The van der Waals surface area contributed by atoms with Crippen LogP contribution in [0.25, 0.3) is 11.3 Å². The molecule has 1 aromatic heterocycles. The Labute approximate surface area is 112 Å². The SMILES string of the molecule is Fc1cccc(F)c1-c1[nH]c2c(c1Br)CNCC2. The van der Waals surface area contributed by atoms with Gasteiger partial charge in [0, 0.05) is 35.2 Å². The van der Waals surface area contributed by atoms with Gasteiger partial charge in [0.1, 0.15) is 11.6 Å². The molecular weight excluding hydrogens is 302 g/mol. The van der Waals surface area contributed by atoms with Gasteiger partial charge in [-0.05, 0) is 28.1 Å². The molecule has 0 bridgehead atoms. The first kappa shape index (κ1) is 11.9. The van der Waals surface area contributed by atoms with Crippen molar-refractivity contribution in [2.45, 2.75) is 13.0 Å². The average Bonchev–Trinajstić information content (AvgIpc) is 2.68. The minimum absolute atomic E-state index is 0.00113. The third-order valence-electron chi connectivity index (χ3n) is 3.19. The highest BCUT2D eigenvalue weighted by molar-refractivity contribution is 9.10. The molecule has 18 heavy (non-hydrogen) atoms. The van der Waals surface area contributed by atoms with Crippen LogP contribution in [0.4, 0.5) is 8.78 Å². The number of nitrogens with one attached hydrogen (secondary N) is 2. The van der Waals surface area contributed by atoms with Crippen LogP contribution in [0.3, 0.4) is 0 Å². The number of rotatable bonds is 1. The Morgan fingerprint density at radius 2 is 1.89 bits per heavy atom. The summed E-state index contributed by atoms with van der Waals surface area (Å²) >= 11 is 3.44. The van der Waals surface area contributed by atoms with Crippen LogP contribution in [0.1, 0.15) is 11.3 Å². The molecule has 2 aromatic rings. The van der Waals surface area contributed by atoms with E-state index in [0.717, 1.165) is 28.7 Å². The first-order valence-corrected chi connectivity index (χ1v) is 6.52. The van der Waals surface area contributed by atoms with Crippen molar-refractivity contribution in [1.82, 2.24) is 10.3 Å². The Balaban J connectivity index is 2.21. The lowest BCUT2D eigenvalue weighted by molar-refractivity contribution is 0.588. The van der Waals surface area contributed by atoms with Crippen LogP contribution in [0.2, 0.25) is 0 Å². The van der Waals surface area contributed by atoms with Crippen LogP contribution in [0, 0.1) is 11.6 Å². The summed E-state index contributed by atoms with van der Waals surface area (Å²) in [6, 6.07) is 3.90. The zero-order chi connectivity index (χ0) is 12.7. The van der Waals surface area contributed by atoms with Crippen molar-refractivity contribution in [3.05, 3.63) is 45.6 Å². The van der Waals surface area contributed by atoms with E-state index in [1.165, 1.54) is 18.2 Å². The summed E-state index contributed by atoms with van der Waals surface area (Å²) in [6.45, 7) is 1.58. The van der Waals surface area contributed by atoms with E-state index in [-0.39, 0.29) is 5.56 Å². The van der Waals surface area contributed by atoms with Crippen molar-refractivity contribution in [3.8, 4) is 11.3 Å². The van der Waals surface area contributed by atoms with Gasteiger partial charge in [-0.3, -0.25) is 0 Å². The molecule has 0 aliphatic carbocycles. The smallest absolute Gasteiger partial charge is 0.135 e. The van der Waals surface area contributed by atoms with Crippen molar-refractivity contribution in [2.75, 3.05) is 6.54 Å². The van der Waals surface area contributed by atoms with E-state index in [0.29, 0.717) is 12.2 Å². The lowest BCUT2D eigenvalue weighted by atomic mass is 10.1. The predicted octanol–water partition coefficient (Wildman–Crippen LogP) is 3.37. The first-order chi connectivity index (χ1) is 8.68. The first-order valence-electron chi connectivity index (χ1n) is 5.73. The molecule has 0 atom stereocenters. The van der Waals surface area contributed by atoms with Crippen molar-refractivity contribution in [1.29, 1.82) is 0 Å². The monoisotopic (exact) mass is 312 g/mol. The zero-order valence-corrected chi connectivity index (χ0v) is 11.1. The fraction of sp³-hybridized carbons (Fsp3) is 0.231. The fourth-order valence-electron chi connectivity index (χ4n) is 2.30. The van der Waals surface area contributed by atoms with Crippen LogP contribution in [-0.4, -0.2) is 11.5 Å². The van der Waals surface area contributed by atoms with E-state index < -0.39 is 11.6 Å². The summed E-state index contributed by atoms with van der Waals surface area (Å²) in [4.78, 5) is 3.13. The minimum atomic E-state index is -0.553. The Morgan fingerprint density at radius 1 is 1.17 bits per heavy atom. The van der Waals surface area contributed by atoms with Gasteiger partial charge in [-0.25, -0.2) is 8.78 Å². The van der Waals surface area contributed by atoms with Gasteiger partial charge in [-0.15, -0.1) is 0 Å². The van der Waals surface area contributed by atoms with E-state index in [1.54, 1.807) is 0 Å². The third kappa shape index (κ3) is 1.78. The van der Waals surface area contributed by atoms with Gasteiger partial charge in [-0.1, -0.05) is 6.07 Å². The van der Waals surface area contributed by atoms with Crippen LogP contribution in [-0.2, 0) is 13.0 Å². The number of aromatic nitrogens is 1. The highest BCUT2D eigenvalue weighted by atomic mass is 79.9. The molecule has 2 heterocycles. The topological polar surface area (TPSA) is 27.8 Å². The van der Waals surface area contributed by atoms with Gasteiger partial charge in [0.2, 0.25) is 0 Å². The second-order valence-electron chi connectivity index (χ2n) is 4.29. The Kier molecular flexibility index (Phi) is 2.95. The van der Waals surface area contributed by atoms with Crippen LogP contribution < -0.4 is 5.32 Å². The summed E-state index contributed by atoms with van der Waals surface area (Å²) < 4.78 is 28.3. The molecule has 2 N–H and O–H groups in total. The van der Waals surface area contributed by atoms with Crippen LogP contribution in [0.15, 0.2) is 22.7 Å². The molecular formula is C13H11BrF2N2. The second-order valence-corrected chi connectivity index (χ2v) is 5.09. The predicted molar refractivity (Wildman–Crippen MR) is 69.3 cm³/mol. The van der Waals surface area contributed by atoms with Crippen molar-refractivity contribution in [2.24, 2.45) is 0 Å². The number of aromatic amines is 1. The Bertz CT molecular complexity index is 587. The molecule has 0 saturated carbocycles. The van der Waals surface area contributed by atoms with E-state index >= 15 is 0 Å². The van der Waals surface area contributed by atoms with E-state index in [2.05, 4.69) is 26.2 Å². The summed E-state index contributed by atoms with van der Waals surface area (Å²) in [5.41, 5.74) is 2.58. The van der Waals surface area contributed by atoms with E-state index in [1.807, 2.05) is 0 Å². The molecule has 94 valence electrons. The highest BCUT2D eigenvalue weighted by Crippen LogP contribution is 2.36. The molecule has 0 amide bonds. The Hall–Kier alpha value is -1.20. The second kappa shape index (κ2) is 4.48. The molecule has 5 heteroatoms. The maximum absolute atomic E-state index is 13.8. The number of fused-ring (bicyclic) bond motifs is 1. The van der Waals surface area contributed by atoms with Gasteiger partial charge in [-0.2, -0.15) is 0 Å². The van der Waals surface area contributed by atoms with Crippen LogP contribution >= 0.6 is 15.9 Å². The fourth-order valence-corrected chi connectivity index (χ4v) is 2.97. The number of halogens is 3. The highest BCUT2D eigenvalue weighted by Gasteiger charge is 2.22. The number of benzene rings is 1. The third-order valence-corrected chi connectivity index (χ3v) is 4.07.